The summed E-state index contributed by atoms with van der Waals surface area (Å²) in [5, 5.41) is 35.5. The first-order chi connectivity index (χ1) is 29.3. The minimum absolute atomic E-state index is 0.0381. The van der Waals surface area contributed by atoms with Crippen LogP contribution in [0, 0.1) is 50.2 Å². The summed E-state index contributed by atoms with van der Waals surface area (Å²) in [6.45, 7) is 20.5. The van der Waals surface area contributed by atoms with E-state index in [0.29, 0.717) is 30.4 Å². The maximum Gasteiger partial charge on any atom is 0.303 e. The van der Waals surface area contributed by atoms with Crippen molar-refractivity contribution in [2.45, 2.75) is 183 Å². The molecule has 0 bridgehead atoms. The Morgan fingerprint density at radius 2 is 1.44 bits per heavy atom. The van der Waals surface area contributed by atoms with Crippen molar-refractivity contribution in [1.82, 2.24) is 20.3 Å². The average Bonchev–Trinajstić information content (AvgIpc) is 3.65. The third kappa shape index (κ3) is 7.91. The number of nitrogens with zero attached hydrogens (tertiary/aromatic N) is 3. The smallest absolute Gasteiger partial charge is 0.303 e. The molecule has 3 N–H and O–H groups in total. The first-order valence-electron chi connectivity index (χ1n) is 22.9. The molecule has 6 aliphatic rings. The second-order valence-electron chi connectivity index (χ2n) is 21.8. The van der Waals surface area contributed by atoms with Crippen LogP contribution in [-0.2, 0) is 54.2 Å². The van der Waals surface area contributed by atoms with Crippen LogP contribution in [0.3, 0.4) is 0 Å². The first kappa shape index (κ1) is 47.1. The van der Waals surface area contributed by atoms with Crippen LogP contribution in [0.1, 0.15) is 146 Å². The van der Waals surface area contributed by atoms with Gasteiger partial charge in [0.25, 0.3) is 0 Å². The molecule has 1 saturated heterocycles. The molecule has 0 aromatic carbocycles. The van der Waals surface area contributed by atoms with E-state index in [0.717, 1.165) is 65.7 Å². The van der Waals surface area contributed by atoms with Crippen molar-refractivity contribution < 1.29 is 57.9 Å². The normalized spacial score (nSPS) is 41.2. The second kappa shape index (κ2) is 16.5. The van der Waals surface area contributed by atoms with Gasteiger partial charge in [-0.2, -0.15) is 0 Å². The minimum Gasteiger partial charge on any atom is -0.463 e. The number of aliphatic hydroxyl groups excluding tert-OH is 2. The number of carbonyl (C=O) groups excluding carboxylic acids is 5. The van der Waals surface area contributed by atoms with Crippen LogP contribution < -0.4 is 5.32 Å². The molecule has 4 saturated carbocycles. The Morgan fingerprint density at radius 3 is 2.10 bits per heavy atom. The van der Waals surface area contributed by atoms with Crippen LogP contribution in [0.25, 0.3) is 0 Å². The summed E-state index contributed by atoms with van der Waals surface area (Å²) in [7, 11) is 0. The van der Waals surface area contributed by atoms with Gasteiger partial charge in [0.15, 0.2) is 24.5 Å². The van der Waals surface area contributed by atoms with Crippen LogP contribution in [-0.4, -0.2) is 98.2 Å². The Hall–Kier alpha value is -3.89. The zero-order valence-electron chi connectivity index (χ0n) is 39.0. The molecule has 16 heteroatoms. The molecule has 63 heavy (non-hydrogen) atoms. The quantitative estimate of drug-likeness (QED) is 0.164. The summed E-state index contributed by atoms with van der Waals surface area (Å²) < 4.78 is 29.4. The van der Waals surface area contributed by atoms with E-state index in [4.69, 9.17) is 23.7 Å². The van der Waals surface area contributed by atoms with Gasteiger partial charge in [0.2, 0.25) is 5.91 Å². The highest BCUT2D eigenvalue weighted by molar-refractivity contribution is 5.85. The molecular formula is C47H70N4O12. The molecule has 0 spiro atoms. The van der Waals surface area contributed by atoms with E-state index in [9.17, 15) is 34.2 Å². The van der Waals surface area contributed by atoms with Crippen molar-refractivity contribution >= 4 is 29.8 Å². The largest absolute Gasteiger partial charge is 0.463 e. The Balaban J connectivity index is 1.17. The number of amides is 1. The number of nitrogens with one attached hydrogen (secondary N) is 1. The number of aliphatic hydroxyl groups is 2. The van der Waals surface area contributed by atoms with Crippen LogP contribution in [0.5, 0.6) is 0 Å². The van der Waals surface area contributed by atoms with Crippen LogP contribution in [0.4, 0.5) is 0 Å². The van der Waals surface area contributed by atoms with Gasteiger partial charge in [0.1, 0.15) is 18.4 Å². The molecule has 7 rings (SSSR count). The first-order valence-corrected chi connectivity index (χ1v) is 22.9. The average molecular weight is 883 g/mol. The summed E-state index contributed by atoms with van der Waals surface area (Å²) in [4.78, 5) is 63.8. The molecule has 0 unspecified atom stereocenters. The van der Waals surface area contributed by atoms with Crippen molar-refractivity contribution in [2.24, 2.45) is 50.2 Å². The van der Waals surface area contributed by atoms with Gasteiger partial charge in [-0.15, -0.1) is 5.10 Å². The van der Waals surface area contributed by atoms with Gasteiger partial charge in [-0.1, -0.05) is 65.3 Å². The fourth-order valence-electron chi connectivity index (χ4n) is 14.0. The molecule has 0 radical (unpaired) electrons. The predicted octanol–water partition coefficient (Wildman–Crippen LogP) is 5.28. The summed E-state index contributed by atoms with van der Waals surface area (Å²) in [6.07, 6.45) is 3.39. The predicted molar refractivity (Wildman–Crippen MR) is 226 cm³/mol. The highest BCUT2D eigenvalue weighted by atomic mass is 16.7. The van der Waals surface area contributed by atoms with E-state index >= 15 is 0 Å². The Morgan fingerprint density at radius 1 is 0.794 bits per heavy atom. The van der Waals surface area contributed by atoms with Crippen molar-refractivity contribution in [3.05, 3.63) is 23.5 Å². The number of allylic oxidation sites excluding steroid dienone is 2. The van der Waals surface area contributed by atoms with Crippen LogP contribution >= 0.6 is 0 Å². The lowest BCUT2D eigenvalue weighted by molar-refractivity contribution is -0.270. The number of fused-ring (bicyclic) bond motifs is 7. The van der Waals surface area contributed by atoms with Crippen LogP contribution in [0.15, 0.2) is 17.8 Å². The monoisotopic (exact) mass is 882 g/mol. The lowest BCUT2D eigenvalue weighted by Gasteiger charge is -2.71. The fourth-order valence-corrected chi connectivity index (χ4v) is 14.0. The number of hydrogen-bond acceptors (Lipinski definition) is 14. The lowest BCUT2D eigenvalue weighted by atomic mass is 9.33. The van der Waals surface area contributed by atoms with Crippen molar-refractivity contribution in [2.75, 3.05) is 6.61 Å². The van der Waals surface area contributed by atoms with Crippen molar-refractivity contribution in [1.29, 1.82) is 0 Å². The lowest BCUT2D eigenvalue weighted by Crippen LogP contribution is -2.68. The van der Waals surface area contributed by atoms with E-state index in [1.807, 2.05) is 0 Å². The van der Waals surface area contributed by atoms with Gasteiger partial charge in [-0.25, -0.2) is 4.68 Å². The number of rotatable bonds is 9. The van der Waals surface area contributed by atoms with Crippen LogP contribution in [0.2, 0.25) is 0 Å². The van der Waals surface area contributed by atoms with E-state index < -0.39 is 72.6 Å². The topological polar surface area (TPSA) is 215 Å². The number of aromatic nitrogens is 3. The fraction of sp³-hybridized carbons (Fsp3) is 0.809. The van der Waals surface area contributed by atoms with E-state index in [1.54, 1.807) is 0 Å². The molecule has 1 aromatic rings. The van der Waals surface area contributed by atoms with Crippen molar-refractivity contribution in [3.63, 3.8) is 0 Å². The molecule has 5 fully saturated rings. The van der Waals surface area contributed by atoms with Gasteiger partial charge < -0.3 is 39.2 Å². The highest BCUT2D eigenvalue weighted by Gasteiger charge is 2.71. The zero-order chi connectivity index (χ0) is 46.2. The number of esters is 4. The van der Waals surface area contributed by atoms with Gasteiger partial charge in [0, 0.05) is 27.7 Å². The highest BCUT2D eigenvalue weighted by Crippen LogP contribution is 2.75. The molecule has 16 nitrogen and oxygen atoms in total. The van der Waals surface area contributed by atoms with E-state index in [1.165, 1.54) is 23.4 Å². The summed E-state index contributed by atoms with van der Waals surface area (Å²) >= 11 is 0. The molecule has 5 aliphatic carbocycles. The Labute approximate surface area is 370 Å². The van der Waals surface area contributed by atoms with Gasteiger partial charge in [-0.05, 0) is 103 Å². The van der Waals surface area contributed by atoms with Crippen molar-refractivity contribution in [3.8, 4) is 0 Å². The summed E-state index contributed by atoms with van der Waals surface area (Å²) in [5.74, 6) is -2.55. The molecule has 1 aliphatic heterocycles. The molecule has 350 valence electrons. The maximum absolute atomic E-state index is 15.0. The van der Waals surface area contributed by atoms with E-state index in [2.05, 4.69) is 70.2 Å². The van der Waals surface area contributed by atoms with Gasteiger partial charge in [0.05, 0.1) is 30.4 Å². The molecule has 1 amide bonds. The number of ether oxygens (including phenoxy) is 5. The summed E-state index contributed by atoms with van der Waals surface area (Å²) in [5.41, 5.74) is -0.0783. The number of carbonyl (C=O) groups is 5. The number of hydrogen-bond donors (Lipinski definition) is 3. The summed E-state index contributed by atoms with van der Waals surface area (Å²) in [6, 6.07) is 0. The van der Waals surface area contributed by atoms with Gasteiger partial charge in [-0.3, -0.25) is 24.0 Å². The Kier molecular flexibility index (Phi) is 12.3. The molecule has 14 atom stereocenters. The zero-order valence-corrected chi connectivity index (χ0v) is 39.0. The minimum atomic E-state index is -1.39. The standard InChI is InChI=1S/C47H70N4O12/c1-25(52)59-24-32-37(60-26(2)53)38(61-27(3)54)39(62-28(4)55)40(63-32)51-23-29(49-50-51)22-48-41(58)47-19-18-42(5,6)20-31(47)30-12-13-34-44(9)16-15-35(56)43(7,8)33(44)14-17-45(34,10)46(30,11)21-36(47)57/h12,23,31-40,56-57H,13-22,24H2,1-11H3,(H,48,58)/t31-,32+,33-,34+,35-,36+,37-,38-,39+,40+,44-,45+,46+,47+/m0/s1. The third-order valence-electron chi connectivity index (χ3n) is 17.3. The van der Waals surface area contributed by atoms with Gasteiger partial charge >= 0.3 is 23.9 Å². The maximum atomic E-state index is 15.0. The third-order valence-corrected chi connectivity index (χ3v) is 17.3. The SMILES string of the molecule is CC(=O)OC[C@H]1O[C@@H](n2cc(CNC(=O)[C@]34CCC(C)(C)C[C@H]3C3=CC[C@@H]5[C@@]6(C)CC[C@H](O)C(C)(C)[C@@H]6CC[C@@]5(C)[C@]3(C)C[C@H]4O)nn2)[C@H](OC(C)=O)[C@@H](OC(C)=O)[C@H]1OC(C)=O. The Bertz CT molecular complexity index is 2010. The molecular weight excluding hydrogens is 813 g/mol. The van der Waals surface area contributed by atoms with E-state index in [-0.39, 0.29) is 51.5 Å². The molecule has 2 heterocycles. The molecule has 1 aromatic heterocycles. The second-order valence-corrected chi connectivity index (χ2v) is 21.8.